The number of hydrogen-bond acceptors (Lipinski definition) is 4. The molecule has 3 aromatic rings. The highest BCUT2D eigenvalue weighted by Gasteiger charge is 2.28. The molecule has 8 heteroatoms. The molecule has 1 aliphatic carbocycles. The Bertz CT molecular complexity index is 1240. The second kappa shape index (κ2) is 10.9. The van der Waals surface area contributed by atoms with Gasteiger partial charge < -0.3 is 0 Å². The van der Waals surface area contributed by atoms with Gasteiger partial charge in [-0.3, -0.25) is 19.4 Å². The Hall–Kier alpha value is -2.74. The zero-order chi connectivity index (χ0) is 26.0. The molecule has 0 N–H and O–H groups in total. The number of benzene rings is 1. The van der Waals surface area contributed by atoms with Crippen molar-refractivity contribution in [1.29, 1.82) is 0 Å². The van der Waals surface area contributed by atoms with E-state index in [1.165, 1.54) is 5.56 Å². The molecule has 3 heterocycles. The van der Waals surface area contributed by atoms with Gasteiger partial charge in [0.2, 0.25) is 0 Å². The molecule has 1 aliphatic heterocycles. The summed E-state index contributed by atoms with van der Waals surface area (Å²) in [5.74, 6) is 1.34. The van der Waals surface area contributed by atoms with Crippen LogP contribution in [-0.4, -0.2) is 44.7 Å². The van der Waals surface area contributed by atoms with E-state index in [1.807, 2.05) is 37.5 Å². The SMILES string of the molecule is Cn1cc2c(C(=O)CC3CCC(CCN4CCc5cnc(CCC(F)(F)F)cc5C4)CC3)cccc2n1. The summed E-state index contributed by atoms with van der Waals surface area (Å²) in [5.41, 5.74) is 4.48. The number of aryl methyl sites for hydroxylation is 2. The second-order valence-corrected chi connectivity index (χ2v) is 10.9. The first-order valence-electron chi connectivity index (χ1n) is 13.4. The van der Waals surface area contributed by atoms with Crippen molar-refractivity contribution in [3.05, 3.63) is 59.0 Å². The summed E-state index contributed by atoms with van der Waals surface area (Å²) < 4.78 is 39.5. The van der Waals surface area contributed by atoms with E-state index >= 15 is 0 Å². The minimum absolute atomic E-state index is 0.0556. The van der Waals surface area contributed by atoms with Crippen LogP contribution in [0.3, 0.4) is 0 Å². The summed E-state index contributed by atoms with van der Waals surface area (Å²) in [6, 6.07) is 7.66. The number of alkyl halides is 3. The van der Waals surface area contributed by atoms with E-state index in [0.717, 1.165) is 80.2 Å². The minimum atomic E-state index is -4.15. The summed E-state index contributed by atoms with van der Waals surface area (Å²) in [5, 5.41) is 5.36. The third-order valence-electron chi connectivity index (χ3n) is 8.15. The average Bonchev–Trinajstić information content (AvgIpc) is 3.26. The molecule has 0 spiro atoms. The number of carbonyl (C=O) groups is 1. The zero-order valence-electron chi connectivity index (χ0n) is 21.4. The van der Waals surface area contributed by atoms with E-state index < -0.39 is 12.6 Å². The molecular weight excluding hydrogens is 477 g/mol. The lowest BCUT2D eigenvalue weighted by atomic mass is 9.78. The van der Waals surface area contributed by atoms with Crippen LogP contribution in [0.5, 0.6) is 0 Å². The number of halogens is 3. The maximum atomic E-state index is 13.1. The number of aromatic nitrogens is 3. The minimum Gasteiger partial charge on any atom is -0.299 e. The van der Waals surface area contributed by atoms with Crippen molar-refractivity contribution in [3.63, 3.8) is 0 Å². The fourth-order valence-electron chi connectivity index (χ4n) is 6.01. The van der Waals surface area contributed by atoms with Crippen molar-refractivity contribution < 1.29 is 18.0 Å². The van der Waals surface area contributed by atoms with Crippen LogP contribution in [0.15, 0.2) is 36.7 Å². The van der Waals surface area contributed by atoms with Crippen molar-refractivity contribution in [2.75, 3.05) is 13.1 Å². The first kappa shape index (κ1) is 25.9. The number of pyridine rings is 1. The lowest BCUT2D eigenvalue weighted by Gasteiger charge is -2.32. The van der Waals surface area contributed by atoms with Gasteiger partial charge >= 0.3 is 6.18 Å². The summed E-state index contributed by atoms with van der Waals surface area (Å²) in [7, 11) is 1.88. The zero-order valence-corrected chi connectivity index (χ0v) is 21.4. The first-order chi connectivity index (χ1) is 17.7. The monoisotopic (exact) mass is 512 g/mol. The van der Waals surface area contributed by atoms with E-state index in [9.17, 15) is 18.0 Å². The number of Topliss-reactive ketones (excluding diaryl/α,β-unsaturated/α-hetero) is 1. The van der Waals surface area contributed by atoms with E-state index in [0.29, 0.717) is 24.0 Å². The molecule has 5 rings (SSSR count). The van der Waals surface area contributed by atoms with E-state index in [4.69, 9.17) is 0 Å². The summed E-state index contributed by atoms with van der Waals surface area (Å²) >= 11 is 0. The van der Waals surface area contributed by atoms with Gasteiger partial charge in [-0.05, 0) is 73.7 Å². The maximum Gasteiger partial charge on any atom is 0.389 e. The summed E-state index contributed by atoms with van der Waals surface area (Å²) in [6.45, 7) is 2.78. The van der Waals surface area contributed by atoms with Crippen LogP contribution in [0.2, 0.25) is 0 Å². The first-order valence-corrected chi connectivity index (χ1v) is 13.4. The third kappa shape index (κ3) is 6.58. The molecule has 0 saturated heterocycles. The van der Waals surface area contributed by atoms with Gasteiger partial charge in [0.15, 0.2) is 5.78 Å². The molecule has 0 unspecified atom stereocenters. The molecule has 198 valence electrons. The number of nitrogens with zero attached hydrogens (tertiary/aromatic N) is 4. The molecule has 2 aliphatic rings. The lowest BCUT2D eigenvalue weighted by molar-refractivity contribution is -0.134. The number of carbonyl (C=O) groups excluding carboxylic acids is 1. The van der Waals surface area contributed by atoms with Crippen molar-refractivity contribution in [1.82, 2.24) is 19.7 Å². The van der Waals surface area contributed by atoms with Gasteiger partial charge in [-0.25, -0.2) is 0 Å². The number of hydrogen-bond donors (Lipinski definition) is 0. The van der Waals surface area contributed by atoms with Crippen molar-refractivity contribution in [2.24, 2.45) is 18.9 Å². The molecule has 0 radical (unpaired) electrons. The van der Waals surface area contributed by atoms with Gasteiger partial charge in [-0.2, -0.15) is 18.3 Å². The number of ketones is 1. The maximum absolute atomic E-state index is 13.1. The molecule has 0 atom stereocenters. The normalized spacial score (nSPS) is 20.8. The molecule has 5 nitrogen and oxygen atoms in total. The third-order valence-corrected chi connectivity index (χ3v) is 8.15. The predicted molar refractivity (Wildman–Crippen MR) is 137 cm³/mol. The van der Waals surface area contributed by atoms with E-state index in [2.05, 4.69) is 15.0 Å². The van der Waals surface area contributed by atoms with Crippen molar-refractivity contribution in [3.8, 4) is 0 Å². The molecule has 1 saturated carbocycles. The van der Waals surface area contributed by atoms with Crippen LogP contribution < -0.4 is 0 Å². The summed E-state index contributed by atoms with van der Waals surface area (Å²) in [6.07, 6.45) is 5.82. The Kier molecular flexibility index (Phi) is 7.65. The topological polar surface area (TPSA) is 51.0 Å². The highest BCUT2D eigenvalue weighted by molar-refractivity contribution is 6.07. The van der Waals surface area contributed by atoms with Crippen LogP contribution in [0, 0.1) is 11.8 Å². The average molecular weight is 513 g/mol. The van der Waals surface area contributed by atoms with Crippen molar-refractivity contribution in [2.45, 2.75) is 70.5 Å². The van der Waals surface area contributed by atoms with Gasteiger partial charge in [-0.1, -0.05) is 25.0 Å². The lowest BCUT2D eigenvalue weighted by Crippen LogP contribution is -2.33. The fourth-order valence-corrected chi connectivity index (χ4v) is 6.01. The van der Waals surface area contributed by atoms with Crippen LogP contribution in [0.4, 0.5) is 13.2 Å². The Morgan fingerprint density at radius 1 is 1.11 bits per heavy atom. The predicted octanol–water partition coefficient (Wildman–Crippen LogP) is 6.29. The smallest absolute Gasteiger partial charge is 0.299 e. The van der Waals surface area contributed by atoms with E-state index in [1.54, 1.807) is 10.9 Å². The largest absolute Gasteiger partial charge is 0.389 e. The fraction of sp³-hybridized carbons (Fsp3) is 0.552. The molecule has 1 aromatic carbocycles. The van der Waals surface area contributed by atoms with E-state index in [-0.39, 0.29) is 12.2 Å². The van der Waals surface area contributed by atoms with Gasteiger partial charge in [-0.15, -0.1) is 0 Å². The molecule has 2 aromatic heterocycles. The quantitative estimate of drug-likeness (QED) is 0.333. The Labute approximate surface area is 216 Å². The van der Waals surface area contributed by atoms with Crippen molar-refractivity contribution >= 4 is 16.7 Å². The standard InChI is InChI=1S/C29H35F3N4O/c1-35-19-26-25(3-2-4-27(26)34-35)28(37)15-21-7-5-20(6-8-21)10-13-36-14-11-22-17-33-24(16-23(22)18-36)9-12-29(30,31)32/h2-4,16-17,19-21H,5-15,18H2,1H3. The van der Waals surface area contributed by atoms with Crippen LogP contribution in [-0.2, 0) is 26.4 Å². The number of fused-ring (bicyclic) bond motifs is 2. The molecule has 0 amide bonds. The molecule has 1 fully saturated rings. The molecular formula is C29H35F3N4O. The van der Waals surface area contributed by atoms with Gasteiger partial charge in [0, 0.05) is 62.0 Å². The second-order valence-electron chi connectivity index (χ2n) is 10.9. The number of rotatable bonds is 8. The molecule has 0 bridgehead atoms. The Morgan fingerprint density at radius 3 is 2.68 bits per heavy atom. The molecule has 37 heavy (non-hydrogen) atoms. The highest BCUT2D eigenvalue weighted by atomic mass is 19.4. The van der Waals surface area contributed by atoms with Crippen LogP contribution in [0.1, 0.15) is 72.1 Å². The Balaban J connectivity index is 1.07. The van der Waals surface area contributed by atoms with Crippen LogP contribution in [0.25, 0.3) is 10.9 Å². The van der Waals surface area contributed by atoms with Crippen LogP contribution >= 0.6 is 0 Å². The Morgan fingerprint density at radius 2 is 1.89 bits per heavy atom. The highest BCUT2D eigenvalue weighted by Crippen LogP contribution is 2.34. The van der Waals surface area contributed by atoms with Gasteiger partial charge in [0.1, 0.15) is 0 Å². The van der Waals surface area contributed by atoms with Gasteiger partial charge in [0.25, 0.3) is 0 Å². The summed E-state index contributed by atoms with van der Waals surface area (Å²) in [4.78, 5) is 19.7. The van der Waals surface area contributed by atoms with Gasteiger partial charge in [0.05, 0.1) is 5.52 Å².